The van der Waals surface area contributed by atoms with Gasteiger partial charge in [0.2, 0.25) is 0 Å². The summed E-state index contributed by atoms with van der Waals surface area (Å²) >= 11 is 1.83. The lowest BCUT2D eigenvalue weighted by molar-refractivity contribution is 0.224. The zero-order chi connectivity index (χ0) is 13.3. The van der Waals surface area contributed by atoms with E-state index in [2.05, 4.69) is 45.9 Å². The Morgan fingerprint density at radius 1 is 1.17 bits per heavy atom. The topological polar surface area (TPSA) is 17.3 Å². The predicted molar refractivity (Wildman–Crippen MR) is 77.7 cm³/mol. The summed E-state index contributed by atoms with van der Waals surface area (Å²) in [5.74, 6) is 0. The van der Waals surface area contributed by atoms with Gasteiger partial charge in [0.25, 0.3) is 0 Å². The molecule has 0 saturated heterocycles. The van der Waals surface area contributed by atoms with E-state index in [9.17, 15) is 0 Å². The third kappa shape index (κ3) is 1.56. The SMILES string of the molecule is Cc1sc2nc3c(n2c1C)C(C)(C)CC(C)(C)C3. The van der Waals surface area contributed by atoms with Crippen LogP contribution in [0.4, 0.5) is 0 Å². The zero-order valence-corrected chi connectivity index (χ0v) is 13.0. The molecule has 98 valence electrons. The van der Waals surface area contributed by atoms with Gasteiger partial charge < -0.3 is 0 Å². The van der Waals surface area contributed by atoms with Crippen LogP contribution in [0.15, 0.2) is 0 Å². The van der Waals surface area contributed by atoms with Crippen LogP contribution in [0.5, 0.6) is 0 Å². The molecule has 2 nitrogen and oxygen atoms in total. The van der Waals surface area contributed by atoms with Gasteiger partial charge in [0.1, 0.15) is 0 Å². The summed E-state index contributed by atoms with van der Waals surface area (Å²) in [6.45, 7) is 13.9. The lowest BCUT2D eigenvalue weighted by Gasteiger charge is -2.40. The lowest BCUT2D eigenvalue weighted by Crippen LogP contribution is -2.35. The van der Waals surface area contributed by atoms with Crippen LogP contribution in [-0.4, -0.2) is 9.38 Å². The summed E-state index contributed by atoms with van der Waals surface area (Å²) in [7, 11) is 0. The summed E-state index contributed by atoms with van der Waals surface area (Å²) in [5.41, 5.74) is 4.74. The summed E-state index contributed by atoms with van der Waals surface area (Å²) in [5, 5.41) is 0. The van der Waals surface area contributed by atoms with Crippen LogP contribution in [0, 0.1) is 19.3 Å². The van der Waals surface area contributed by atoms with Crippen LogP contribution in [0.3, 0.4) is 0 Å². The molecule has 1 aliphatic carbocycles. The van der Waals surface area contributed by atoms with E-state index in [1.165, 1.54) is 33.3 Å². The van der Waals surface area contributed by atoms with Crippen molar-refractivity contribution >= 4 is 16.3 Å². The monoisotopic (exact) mass is 262 g/mol. The Balaban J connectivity index is 2.34. The van der Waals surface area contributed by atoms with E-state index < -0.39 is 0 Å². The molecule has 18 heavy (non-hydrogen) atoms. The first-order valence-electron chi connectivity index (χ1n) is 6.69. The Kier molecular flexibility index (Phi) is 2.30. The van der Waals surface area contributed by atoms with Gasteiger partial charge in [-0.1, -0.05) is 27.7 Å². The highest BCUT2D eigenvalue weighted by Gasteiger charge is 2.41. The van der Waals surface area contributed by atoms with Gasteiger partial charge >= 0.3 is 0 Å². The van der Waals surface area contributed by atoms with E-state index in [1.807, 2.05) is 11.3 Å². The Morgan fingerprint density at radius 3 is 2.50 bits per heavy atom. The molecule has 0 aliphatic heterocycles. The molecule has 0 aromatic carbocycles. The number of rotatable bonds is 0. The van der Waals surface area contributed by atoms with Gasteiger partial charge in [-0.15, -0.1) is 11.3 Å². The number of hydrogen-bond donors (Lipinski definition) is 0. The number of fused-ring (bicyclic) bond motifs is 3. The van der Waals surface area contributed by atoms with Crippen molar-refractivity contribution in [2.24, 2.45) is 5.41 Å². The molecule has 3 heteroatoms. The summed E-state index contributed by atoms with van der Waals surface area (Å²) < 4.78 is 2.41. The molecule has 1 aliphatic rings. The molecule has 2 aromatic rings. The average molecular weight is 262 g/mol. The maximum Gasteiger partial charge on any atom is 0.194 e. The Labute approximate surface area is 113 Å². The fourth-order valence-electron chi connectivity index (χ4n) is 3.80. The van der Waals surface area contributed by atoms with E-state index in [1.54, 1.807) is 0 Å². The third-order valence-corrected chi connectivity index (χ3v) is 5.27. The van der Waals surface area contributed by atoms with E-state index in [0.717, 1.165) is 6.42 Å². The van der Waals surface area contributed by atoms with Crippen LogP contribution < -0.4 is 0 Å². The number of imidazole rings is 1. The maximum absolute atomic E-state index is 4.91. The van der Waals surface area contributed by atoms with E-state index in [0.29, 0.717) is 5.41 Å². The Morgan fingerprint density at radius 2 is 1.83 bits per heavy atom. The van der Waals surface area contributed by atoms with Crippen molar-refractivity contribution in [3.8, 4) is 0 Å². The molecule has 2 aromatic heterocycles. The van der Waals surface area contributed by atoms with Crippen LogP contribution in [0.25, 0.3) is 4.96 Å². The first kappa shape index (κ1) is 12.2. The molecular formula is C15H22N2S. The predicted octanol–water partition coefficient (Wildman–Crippen LogP) is 4.26. The molecule has 0 bridgehead atoms. The second-order valence-corrected chi connectivity index (χ2v) is 8.35. The Hall–Kier alpha value is -0.830. The molecule has 0 fully saturated rings. The molecule has 0 unspecified atom stereocenters. The van der Waals surface area contributed by atoms with Crippen LogP contribution in [-0.2, 0) is 11.8 Å². The van der Waals surface area contributed by atoms with Crippen LogP contribution in [0.2, 0.25) is 0 Å². The van der Waals surface area contributed by atoms with Crippen molar-refractivity contribution in [1.82, 2.24) is 9.38 Å². The molecule has 2 heterocycles. The van der Waals surface area contributed by atoms with Gasteiger partial charge in [-0.2, -0.15) is 0 Å². The van der Waals surface area contributed by atoms with Crippen molar-refractivity contribution in [2.45, 2.75) is 59.8 Å². The number of aryl methyl sites for hydroxylation is 2. The van der Waals surface area contributed by atoms with E-state index >= 15 is 0 Å². The molecular weight excluding hydrogens is 240 g/mol. The molecule has 0 spiro atoms. The first-order valence-corrected chi connectivity index (χ1v) is 7.51. The number of hydrogen-bond acceptors (Lipinski definition) is 2. The highest BCUT2D eigenvalue weighted by molar-refractivity contribution is 7.17. The number of thiazole rings is 1. The molecule has 0 amide bonds. The van der Waals surface area contributed by atoms with Crippen molar-refractivity contribution < 1.29 is 0 Å². The van der Waals surface area contributed by atoms with Gasteiger partial charge in [0.15, 0.2) is 4.96 Å². The van der Waals surface area contributed by atoms with Crippen molar-refractivity contribution in [3.63, 3.8) is 0 Å². The lowest BCUT2D eigenvalue weighted by atomic mass is 9.66. The Bertz CT molecular complexity index is 628. The second-order valence-electron chi connectivity index (χ2n) is 7.17. The quantitative estimate of drug-likeness (QED) is 0.693. The fourth-order valence-corrected chi connectivity index (χ4v) is 4.79. The minimum atomic E-state index is 0.217. The molecule has 0 atom stereocenters. The smallest absolute Gasteiger partial charge is 0.194 e. The van der Waals surface area contributed by atoms with E-state index in [-0.39, 0.29) is 5.41 Å². The zero-order valence-electron chi connectivity index (χ0n) is 12.2. The normalized spacial score (nSPS) is 21.2. The largest absolute Gasteiger partial charge is 0.291 e. The van der Waals surface area contributed by atoms with Gasteiger partial charge in [0, 0.05) is 16.0 Å². The number of aromatic nitrogens is 2. The third-order valence-electron chi connectivity index (χ3n) is 4.22. The van der Waals surface area contributed by atoms with Crippen LogP contribution in [0.1, 0.15) is 56.1 Å². The van der Waals surface area contributed by atoms with Gasteiger partial charge in [-0.3, -0.25) is 4.40 Å². The van der Waals surface area contributed by atoms with Crippen LogP contribution >= 0.6 is 11.3 Å². The summed E-state index contributed by atoms with van der Waals surface area (Å²) in [6, 6.07) is 0. The second kappa shape index (κ2) is 3.38. The highest BCUT2D eigenvalue weighted by atomic mass is 32.1. The minimum Gasteiger partial charge on any atom is -0.291 e. The number of nitrogens with zero attached hydrogens (tertiary/aromatic N) is 2. The first-order chi connectivity index (χ1) is 8.21. The van der Waals surface area contributed by atoms with Crippen molar-refractivity contribution in [2.75, 3.05) is 0 Å². The summed E-state index contributed by atoms with van der Waals surface area (Å²) in [4.78, 5) is 7.48. The minimum absolute atomic E-state index is 0.217. The van der Waals surface area contributed by atoms with Crippen molar-refractivity contribution in [1.29, 1.82) is 0 Å². The van der Waals surface area contributed by atoms with Crippen molar-refractivity contribution in [3.05, 3.63) is 22.0 Å². The van der Waals surface area contributed by atoms with Gasteiger partial charge in [-0.25, -0.2) is 4.98 Å². The standard InChI is InChI=1S/C15H22N2S/c1-9-10(2)18-13-16-11-7-14(3,4)8-15(5,6)12(11)17(9)13/h7-8H2,1-6H3. The molecule has 3 rings (SSSR count). The molecule has 0 N–H and O–H groups in total. The molecule has 0 saturated carbocycles. The maximum atomic E-state index is 4.91. The summed E-state index contributed by atoms with van der Waals surface area (Å²) in [6.07, 6.45) is 2.34. The highest BCUT2D eigenvalue weighted by Crippen LogP contribution is 2.46. The van der Waals surface area contributed by atoms with Gasteiger partial charge in [-0.05, 0) is 32.1 Å². The molecule has 0 radical (unpaired) electrons. The fraction of sp³-hybridized carbons (Fsp3) is 0.667. The van der Waals surface area contributed by atoms with E-state index in [4.69, 9.17) is 4.98 Å². The average Bonchev–Trinajstić information content (AvgIpc) is 2.62. The van der Waals surface area contributed by atoms with Gasteiger partial charge in [0.05, 0.1) is 11.4 Å².